The van der Waals surface area contributed by atoms with E-state index in [1.807, 2.05) is 34.6 Å². The van der Waals surface area contributed by atoms with E-state index in [9.17, 15) is 4.79 Å². The first-order valence-corrected chi connectivity index (χ1v) is 8.34. The molecule has 138 valence electrons. The highest BCUT2D eigenvalue weighted by Gasteiger charge is 2.17. The molecule has 0 rings (SSSR count). The van der Waals surface area contributed by atoms with E-state index in [0.717, 1.165) is 38.3 Å². The van der Waals surface area contributed by atoms with E-state index in [1.165, 1.54) is 0 Å². The van der Waals surface area contributed by atoms with Gasteiger partial charge in [0.05, 0.1) is 0 Å². The molecule has 0 aliphatic carbocycles. The molecule has 0 radical (unpaired) electrons. The normalized spacial score (nSPS) is 12.9. The standard InChI is InChI=1S/C16H34N4O2.HI/c1-7-10-11-13(20-14(17-8-2)18-9-3)12-19-15(21)22-16(4,5)6;/h13H,7-12H2,1-6H3,(H,19,21)(H2,17,18,20);1H. The molecule has 0 bridgehead atoms. The molecule has 1 amide bonds. The van der Waals surface area contributed by atoms with Crippen molar-refractivity contribution in [2.45, 2.75) is 72.4 Å². The van der Waals surface area contributed by atoms with Gasteiger partial charge in [-0.15, -0.1) is 24.0 Å². The number of carbonyl (C=O) groups excluding carboxylic acids is 1. The van der Waals surface area contributed by atoms with E-state index in [1.54, 1.807) is 0 Å². The zero-order valence-electron chi connectivity index (χ0n) is 15.5. The van der Waals surface area contributed by atoms with Crippen molar-refractivity contribution in [1.82, 2.24) is 16.0 Å². The minimum atomic E-state index is -0.477. The van der Waals surface area contributed by atoms with Gasteiger partial charge in [0.15, 0.2) is 5.96 Å². The van der Waals surface area contributed by atoms with E-state index < -0.39 is 5.60 Å². The first kappa shape index (κ1) is 24.5. The van der Waals surface area contributed by atoms with Crippen molar-refractivity contribution in [2.24, 2.45) is 4.99 Å². The molecule has 0 aliphatic heterocycles. The molecule has 0 saturated carbocycles. The van der Waals surface area contributed by atoms with Crippen molar-refractivity contribution >= 4 is 36.0 Å². The predicted molar refractivity (Wildman–Crippen MR) is 108 cm³/mol. The summed E-state index contributed by atoms with van der Waals surface area (Å²) in [7, 11) is 0. The number of amides is 1. The van der Waals surface area contributed by atoms with Crippen molar-refractivity contribution in [3.05, 3.63) is 0 Å². The number of carbonyl (C=O) groups is 1. The molecular formula is C16H35IN4O2. The molecule has 0 aliphatic rings. The molecule has 0 saturated heterocycles. The number of aliphatic imine (C=N–C) groups is 1. The molecule has 3 N–H and O–H groups in total. The first-order chi connectivity index (χ1) is 10.3. The number of unbranched alkanes of at least 4 members (excludes halogenated alkanes) is 1. The van der Waals surface area contributed by atoms with Crippen LogP contribution < -0.4 is 16.0 Å². The van der Waals surface area contributed by atoms with Gasteiger partial charge in [0, 0.05) is 25.7 Å². The van der Waals surface area contributed by atoms with Gasteiger partial charge in [-0.1, -0.05) is 19.8 Å². The number of nitrogens with zero attached hydrogens (tertiary/aromatic N) is 1. The average molecular weight is 442 g/mol. The summed E-state index contributed by atoms with van der Waals surface area (Å²) in [4.78, 5) is 16.2. The van der Waals surface area contributed by atoms with Crippen LogP contribution in [0.5, 0.6) is 0 Å². The van der Waals surface area contributed by atoms with Gasteiger partial charge in [0.2, 0.25) is 0 Å². The van der Waals surface area contributed by atoms with Crippen LogP contribution in [0.3, 0.4) is 0 Å². The summed E-state index contributed by atoms with van der Waals surface area (Å²) in [5.41, 5.74) is -0.477. The van der Waals surface area contributed by atoms with Crippen LogP contribution in [0.15, 0.2) is 4.99 Å². The van der Waals surface area contributed by atoms with Crippen molar-refractivity contribution in [2.75, 3.05) is 19.6 Å². The number of ether oxygens (including phenoxy) is 1. The van der Waals surface area contributed by atoms with E-state index in [0.29, 0.717) is 6.54 Å². The maximum Gasteiger partial charge on any atom is 0.407 e. The van der Waals surface area contributed by atoms with Gasteiger partial charge in [0.1, 0.15) is 5.60 Å². The molecule has 0 heterocycles. The van der Waals surface area contributed by atoms with E-state index >= 15 is 0 Å². The summed E-state index contributed by atoms with van der Waals surface area (Å²) in [6, 6.07) is 0.136. The van der Waals surface area contributed by atoms with Crippen molar-refractivity contribution in [3.63, 3.8) is 0 Å². The quantitative estimate of drug-likeness (QED) is 0.307. The topological polar surface area (TPSA) is 74.8 Å². The lowest BCUT2D eigenvalue weighted by Crippen LogP contribution is -2.49. The highest BCUT2D eigenvalue weighted by Crippen LogP contribution is 2.06. The largest absolute Gasteiger partial charge is 0.444 e. The van der Waals surface area contributed by atoms with Crippen molar-refractivity contribution < 1.29 is 9.53 Å². The maximum atomic E-state index is 11.8. The Morgan fingerprint density at radius 3 is 2.30 bits per heavy atom. The molecule has 0 aromatic carbocycles. The lowest BCUT2D eigenvalue weighted by atomic mass is 10.1. The van der Waals surface area contributed by atoms with Crippen molar-refractivity contribution in [3.8, 4) is 0 Å². The maximum absolute atomic E-state index is 11.8. The number of nitrogens with one attached hydrogen (secondary N) is 3. The van der Waals surface area contributed by atoms with Crippen LogP contribution in [-0.2, 0) is 4.74 Å². The Bertz CT molecular complexity index is 343. The Labute approximate surface area is 158 Å². The number of guanidine groups is 1. The van der Waals surface area contributed by atoms with Crippen LogP contribution in [0, 0.1) is 0 Å². The minimum Gasteiger partial charge on any atom is -0.444 e. The smallest absolute Gasteiger partial charge is 0.407 e. The zero-order chi connectivity index (χ0) is 17.0. The van der Waals surface area contributed by atoms with Gasteiger partial charge < -0.3 is 20.7 Å². The molecular weight excluding hydrogens is 407 g/mol. The number of hydrogen-bond acceptors (Lipinski definition) is 3. The zero-order valence-corrected chi connectivity index (χ0v) is 17.8. The Kier molecular flexibility index (Phi) is 14.6. The first-order valence-electron chi connectivity index (χ1n) is 8.34. The monoisotopic (exact) mass is 442 g/mol. The molecule has 0 aromatic rings. The van der Waals surface area contributed by atoms with Gasteiger partial charge in [-0.25, -0.2) is 4.79 Å². The third-order valence-corrected chi connectivity index (χ3v) is 2.80. The summed E-state index contributed by atoms with van der Waals surface area (Å²) in [5, 5.41) is 9.42. The van der Waals surface area contributed by atoms with Crippen molar-refractivity contribution in [1.29, 1.82) is 0 Å². The van der Waals surface area contributed by atoms with Crippen LogP contribution in [-0.4, -0.2) is 43.3 Å². The summed E-state index contributed by atoms with van der Waals surface area (Å²) in [5.74, 6) is 0.789. The number of alkyl carbamates (subject to hydrolysis) is 1. The third-order valence-electron chi connectivity index (χ3n) is 2.80. The second kappa shape index (κ2) is 13.7. The molecule has 0 spiro atoms. The van der Waals surface area contributed by atoms with E-state index in [2.05, 4.69) is 27.9 Å². The molecule has 0 fully saturated rings. The number of halogens is 1. The van der Waals surface area contributed by atoms with Gasteiger partial charge >= 0.3 is 6.09 Å². The molecule has 1 unspecified atom stereocenters. The van der Waals surface area contributed by atoms with Crippen LogP contribution >= 0.6 is 24.0 Å². The molecule has 0 aromatic heterocycles. The fraction of sp³-hybridized carbons (Fsp3) is 0.875. The molecule has 1 atom stereocenters. The summed E-state index contributed by atoms with van der Waals surface area (Å²) >= 11 is 0. The van der Waals surface area contributed by atoms with E-state index in [4.69, 9.17) is 4.74 Å². The third kappa shape index (κ3) is 14.6. The van der Waals surface area contributed by atoms with Crippen LogP contribution in [0.25, 0.3) is 0 Å². The highest BCUT2D eigenvalue weighted by atomic mass is 127. The van der Waals surface area contributed by atoms with E-state index in [-0.39, 0.29) is 36.1 Å². The van der Waals surface area contributed by atoms with Crippen LogP contribution in [0.4, 0.5) is 4.79 Å². The van der Waals surface area contributed by atoms with Crippen LogP contribution in [0.1, 0.15) is 60.8 Å². The highest BCUT2D eigenvalue weighted by molar-refractivity contribution is 14.0. The molecule has 23 heavy (non-hydrogen) atoms. The number of hydrogen-bond donors (Lipinski definition) is 3. The lowest BCUT2D eigenvalue weighted by Gasteiger charge is -2.24. The van der Waals surface area contributed by atoms with Gasteiger partial charge in [-0.3, -0.25) is 4.99 Å². The predicted octanol–water partition coefficient (Wildman–Crippen LogP) is 3.26. The second-order valence-electron chi connectivity index (χ2n) is 6.22. The second-order valence-corrected chi connectivity index (χ2v) is 6.22. The summed E-state index contributed by atoms with van der Waals surface area (Å²) < 4.78 is 5.27. The Balaban J connectivity index is 0. The fourth-order valence-corrected chi connectivity index (χ4v) is 1.87. The number of rotatable bonds is 8. The summed E-state index contributed by atoms with van der Waals surface area (Å²) in [6.45, 7) is 13.8. The molecule has 7 heteroatoms. The molecule has 6 nitrogen and oxygen atoms in total. The Morgan fingerprint density at radius 2 is 1.83 bits per heavy atom. The van der Waals surface area contributed by atoms with Gasteiger partial charge in [-0.05, 0) is 41.0 Å². The Hall–Kier alpha value is -0.730. The summed E-state index contributed by atoms with van der Waals surface area (Å²) in [6.07, 6.45) is 2.80. The van der Waals surface area contributed by atoms with Gasteiger partial charge in [-0.2, -0.15) is 0 Å². The van der Waals surface area contributed by atoms with Crippen LogP contribution in [0.2, 0.25) is 0 Å². The Morgan fingerprint density at radius 1 is 1.17 bits per heavy atom. The van der Waals surface area contributed by atoms with Gasteiger partial charge in [0.25, 0.3) is 0 Å². The SMILES string of the molecule is CCCCC(CNC(=O)OC(C)(C)C)NC(=NCC)NCC.I. The fourth-order valence-electron chi connectivity index (χ4n) is 1.87. The average Bonchev–Trinajstić information content (AvgIpc) is 2.40. The lowest BCUT2D eigenvalue weighted by molar-refractivity contribution is 0.0523. The minimum absolute atomic E-state index is 0.